The van der Waals surface area contributed by atoms with Crippen molar-refractivity contribution in [2.75, 3.05) is 0 Å². The lowest BCUT2D eigenvalue weighted by Crippen LogP contribution is -2.17. The predicted octanol–water partition coefficient (Wildman–Crippen LogP) is 1.89. The van der Waals surface area contributed by atoms with Gasteiger partial charge in [-0.2, -0.15) is 0 Å². The van der Waals surface area contributed by atoms with Gasteiger partial charge in [0, 0.05) is 18.6 Å². The van der Waals surface area contributed by atoms with Crippen molar-refractivity contribution in [1.82, 2.24) is 4.57 Å². The van der Waals surface area contributed by atoms with Crippen LogP contribution in [-0.2, 0) is 7.05 Å². The lowest BCUT2D eigenvalue weighted by atomic mass is 10.1. The van der Waals surface area contributed by atoms with E-state index in [1.165, 1.54) is 6.20 Å². The molecule has 16 heavy (non-hydrogen) atoms. The fraction of sp³-hybridized carbons (Fsp3) is 0.0909. The maximum Gasteiger partial charge on any atom is 0.341 e. The second kappa shape index (κ2) is 3.64. The topological polar surface area (TPSA) is 59.3 Å². The van der Waals surface area contributed by atoms with Gasteiger partial charge in [-0.1, -0.05) is 17.7 Å². The number of hydrogen-bond acceptors (Lipinski definition) is 2. The summed E-state index contributed by atoms with van der Waals surface area (Å²) in [6.45, 7) is 0. The molecule has 0 saturated heterocycles. The first kappa shape index (κ1) is 10.7. The highest BCUT2D eigenvalue weighted by Gasteiger charge is 2.14. The smallest absolute Gasteiger partial charge is 0.341 e. The van der Waals surface area contributed by atoms with Crippen molar-refractivity contribution >= 4 is 28.5 Å². The predicted molar refractivity (Wildman–Crippen MR) is 61.2 cm³/mol. The third kappa shape index (κ3) is 1.47. The number of aromatic carboxylic acids is 1. The van der Waals surface area contributed by atoms with E-state index in [2.05, 4.69) is 0 Å². The molecule has 0 unspecified atom stereocenters. The average molecular weight is 238 g/mol. The van der Waals surface area contributed by atoms with Crippen molar-refractivity contribution in [2.45, 2.75) is 0 Å². The minimum Gasteiger partial charge on any atom is -0.477 e. The van der Waals surface area contributed by atoms with Crippen LogP contribution >= 0.6 is 11.6 Å². The number of nitrogens with zero attached hydrogens (tertiary/aromatic N) is 1. The number of aromatic nitrogens is 1. The van der Waals surface area contributed by atoms with Gasteiger partial charge in [0.05, 0.1) is 10.5 Å². The highest BCUT2D eigenvalue weighted by Crippen LogP contribution is 2.20. The highest BCUT2D eigenvalue weighted by molar-refractivity contribution is 6.35. The van der Waals surface area contributed by atoms with E-state index < -0.39 is 11.4 Å². The van der Waals surface area contributed by atoms with Crippen LogP contribution in [0.3, 0.4) is 0 Å². The summed E-state index contributed by atoms with van der Waals surface area (Å²) in [5.74, 6) is -1.23. The number of rotatable bonds is 1. The number of hydrogen-bond donors (Lipinski definition) is 1. The first-order chi connectivity index (χ1) is 7.52. The van der Waals surface area contributed by atoms with Crippen molar-refractivity contribution in [3.8, 4) is 0 Å². The molecule has 0 radical (unpaired) electrons. The fourth-order valence-electron chi connectivity index (χ4n) is 1.67. The first-order valence-electron chi connectivity index (χ1n) is 4.53. The zero-order valence-corrected chi connectivity index (χ0v) is 9.15. The number of carboxylic acid groups (broad SMARTS) is 1. The third-order valence-electron chi connectivity index (χ3n) is 2.38. The summed E-state index contributed by atoms with van der Waals surface area (Å²) in [4.78, 5) is 22.7. The van der Waals surface area contributed by atoms with Gasteiger partial charge in [0.15, 0.2) is 0 Å². The second-order valence-corrected chi connectivity index (χ2v) is 3.83. The summed E-state index contributed by atoms with van der Waals surface area (Å²) in [6.07, 6.45) is 1.28. The van der Waals surface area contributed by atoms with E-state index >= 15 is 0 Å². The minimum absolute atomic E-state index is 0.253. The van der Waals surface area contributed by atoms with Crippen LogP contribution in [0.2, 0.25) is 5.02 Å². The normalized spacial score (nSPS) is 10.6. The number of benzene rings is 1. The molecular weight excluding hydrogens is 230 g/mol. The summed E-state index contributed by atoms with van der Waals surface area (Å²) in [7, 11) is 1.65. The number of carbonyl (C=O) groups is 1. The van der Waals surface area contributed by atoms with Crippen molar-refractivity contribution in [1.29, 1.82) is 0 Å². The van der Waals surface area contributed by atoms with Crippen LogP contribution in [0.15, 0.2) is 29.2 Å². The number of para-hydroxylation sites is 1. The van der Waals surface area contributed by atoms with E-state index in [9.17, 15) is 9.59 Å². The summed E-state index contributed by atoms with van der Waals surface area (Å²) in [6, 6.07) is 4.84. The zero-order valence-electron chi connectivity index (χ0n) is 8.40. The Balaban J connectivity index is 3.02. The van der Waals surface area contributed by atoms with E-state index in [-0.39, 0.29) is 5.56 Å². The fourth-order valence-corrected chi connectivity index (χ4v) is 1.98. The van der Waals surface area contributed by atoms with Gasteiger partial charge in [-0.15, -0.1) is 0 Å². The molecule has 1 aromatic heterocycles. The van der Waals surface area contributed by atoms with E-state index in [0.29, 0.717) is 15.9 Å². The molecule has 0 aliphatic rings. The van der Waals surface area contributed by atoms with E-state index in [4.69, 9.17) is 16.7 Å². The lowest BCUT2D eigenvalue weighted by molar-refractivity contribution is 0.0695. The first-order valence-corrected chi connectivity index (χ1v) is 4.91. The second-order valence-electron chi connectivity index (χ2n) is 3.42. The number of carboxylic acids is 1. The molecule has 0 saturated carbocycles. The summed E-state index contributed by atoms with van der Waals surface area (Å²) < 4.78 is 1.54. The van der Waals surface area contributed by atoms with Crippen molar-refractivity contribution in [3.63, 3.8) is 0 Å². The Hall–Kier alpha value is -1.81. The standard InChI is InChI=1S/C11H8ClNO3/c1-13-5-7(11(15)16)10(14)6-3-2-4-8(12)9(6)13/h2-5H,1H3,(H,15,16). The molecule has 0 aliphatic carbocycles. The van der Waals surface area contributed by atoms with Gasteiger partial charge < -0.3 is 9.67 Å². The van der Waals surface area contributed by atoms with Gasteiger partial charge in [-0.05, 0) is 12.1 Å². The molecule has 0 aliphatic heterocycles. The van der Waals surface area contributed by atoms with Gasteiger partial charge in [-0.3, -0.25) is 4.79 Å². The van der Waals surface area contributed by atoms with Crippen LogP contribution in [0.5, 0.6) is 0 Å². The molecule has 1 N–H and O–H groups in total. The SMILES string of the molecule is Cn1cc(C(=O)O)c(=O)c2cccc(Cl)c21. The molecule has 0 atom stereocenters. The lowest BCUT2D eigenvalue weighted by Gasteiger charge is -2.07. The Morgan fingerprint density at radius 2 is 2.12 bits per heavy atom. The van der Waals surface area contributed by atoms with E-state index in [1.807, 2.05) is 0 Å². The van der Waals surface area contributed by atoms with Crippen molar-refractivity contribution < 1.29 is 9.90 Å². The van der Waals surface area contributed by atoms with Crippen LogP contribution in [-0.4, -0.2) is 15.6 Å². The third-order valence-corrected chi connectivity index (χ3v) is 2.69. The van der Waals surface area contributed by atoms with Crippen LogP contribution in [0.1, 0.15) is 10.4 Å². The summed E-state index contributed by atoms with van der Waals surface area (Å²) in [5, 5.41) is 9.61. The Labute approximate surface area is 95.7 Å². The molecule has 0 fully saturated rings. The summed E-state index contributed by atoms with van der Waals surface area (Å²) >= 11 is 5.96. The molecule has 2 aromatic rings. The number of aryl methyl sites for hydroxylation is 1. The Morgan fingerprint density at radius 1 is 1.44 bits per heavy atom. The molecule has 1 aromatic carbocycles. The van der Waals surface area contributed by atoms with Gasteiger partial charge in [0.1, 0.15) is 5.56 Å². The van der Waals surface area contributed by atoms with Gasteiger partial charge >= 0.3 is 5.97 Å². The van der Waals surface area contributed by atoms with Gasteiger partial charge in [-0.25, -0.2) is 4.79 Å². The molecule has 82 valence electrons. The van der Waals surface area contributed by atoms with Crippen LogP contribution < -0.4 is 5.43 Å². The Morgan fingerprint density at radius 3 is 2.75 bits per heavy atom. The van der Waals surface area contributed by atoms with Crippen LogP contribution in [0.4, 0.5) is 0 Å². The van der Waals surface area contributed by atoms with E-state index in [1.54, 1.807) is 29.8 Å². The zero-order chi connectivity index (χ0) is 11.9. The number of halogens is 1. The van der Waals surface area contributed by atoms with Crippen molar-refractivity contribution in [2.24, 2.45) is 7.05 Å². The molecule has 5 heteroatoms. The molecule has 1 heterocycles. The Bertz CT molecular complexity index is 645. The molecular formula is C11H8ClNO3. The van der Waals surface area contributed by atoms with Crippen LogP contribution in [0.25, 0.3) is 10.9 Å². The number of fused-ring (bicyclic) bond motifs is 1. The monoisotopic (exact) mass is 237 g/mol. The average Bonchev–Trinajstić information content (AvgIpc) is 2.22. The van der Waals surface area contributed by atoms with Crippen molar-refractivity contribution in [3.05, 3.63) is 45.2 Å². The molecule has 0 amide bonds. The minimum atomic E-state index is -1.23. The maximum absolute atomic E-state index is 11.8. The highest BCUT2D eigenvalue weighted by atomic mass is 35.5. The molecule has 2 rings (SSSR count). The maximum atomic E-state index is 11.8. The Kier molecular flexibility index (Phi) is 2.44. The molecule has 4 nitrogen and oxygen atoms in total. The summed E-state index contributed by atoms with van der Waals surface area (Å²) in [5.41, 5.74) is -0.223. The number of pyridine rings is 1. The van der Waals surface area contributed by atoms with Gasteiger partial charge in [0.2, 0.25) is 5.43 Å². The van der Waals surface area contributed by atoms with Crippen LogP contribution in [0, 0.1) is 0 Å². The molecule has 0 spiro atoms. The molecule has 0 bridgehead atoms. The van der Waals surface area contributed by atoms with Gasteiger partial charge in [0.25, 0.3) is 0 Å². The quantitative estimate of drug-likeness (QED) is 0.824. The largest absolute Gasteiger partial charge is 0.477 e. The van der Waals surface area contributed by atoms with E-state index in [0.717, 1.165) is 0 Å².